The Morgan fingerprint density at radius 2 is 2.12 bits per heavy atom. The average molecular weight is 468 g/mol. The zero-order chi connectivity index (χ0) is 22.9. The van der Waals surface area contributed by atoms with Crippen molar-refractivity contribution in [3.63, 3.8) is 0 Å². The molecule has 1 unspecified atom stereocenters. The third kappa shape index (κ3) is 4.95. The van der Waals surface area contributed by atoms with Gasteiger partial charge in [0.25, 0.3) is 6.43 Å². The summed E-state index contributed by atoms with van der Waals surface area (Å²) in [5, 5.41) is 7.04. The lowest BCUT2D eigenvalue weighted by Gasteiger charge is -2.34. The number of nitrogens with zero attached hydrogens (tertiary/aromatic N) is 5. The van der Waals surface area contributed by atoms with Crippen molar-refractivity contribution in [1.82, 2.24) is 24.3 Å². The monoisotopic (exact) mass is 467 g/mol. The van der Waals surface area contributed by atoms with E-state index in [-0.39, 0.29) is 18.3 Å². The Bertz CT molecular complexity index is 1220. The number of sulfonamides is 1. The number of rotatable bonds is 7. The van der Waals surface area contributed by atoms with E-state index < -0.39 is 16.4 Å². The molecule has 1 aliphatic heterocycles. The van der Waals surface area contributed by atoms with Crippen molar-refractivity contribution in [1.29, 1.82) is 0 Å². The quantitative estimate of drug-likeness (QED) is 0.538. The molecule has 0 bridgehead atoms. The standard InChI is InChI=1S/C19H23F2N7O3S/c1-22-16-7-12(15-10-23-17-4-3-14(19(20)21)26-28(15)17)8-18(25-16)27-5-6-31-13(11-27)9-24-32(2,29)30/h3-4,7-8,10,13,19,24H,5-6,9,11H2,1-2H3,(H,22,25). The maximum Gasteiger partial charge on any atom is 0.282 e. The lowest BCUT2D eigenvalue weighted by atomic mass is 10.1. The van der Waals surface area contributed by atoms with Crippen LogP contribution in [0, 0.1) is 0 Å². The highest BCUT2D eigenvalue weighted by Gasteiger charge is 2.24. The number of anilines is 2. The number of hydrogen-bond donors (Lipinski definition) is 2. The Kier molecular flexibility index (Phi) is 6.22. The van der Waals surface area contributed by atoms with Gasteiger partial charge in [-0.3, -0.25) is 0 Å². The normalized spacial score (nSPS) is 17.3. The van der Waals surface area contributed by atoms with Crippen molar-refractivity contribution in [3.8, 4) is 11.3 Å². The molecule has 0 spiro atoms. The van der Waals surface area contributed by atoms with Gasteiger partial charge < -0.3 is 15.0 Å². The number of aromatic nitrogens is 4. The van der Waals surface area contributed by atoms with E-state index in [1.165, 1.54) is 16.6 Å². The molecule has 4 rings (SSSR count). The number of nitrogens with one attached hydrogen (secondary N) is 2. The summed E-state index contributed by atoms with van der Waals surface area (Å²) in [5.74, 6) is 1.22. The molecular formula is C19H23F2N7O3S. The molecule has 1 aliphatic rings. The van der Waals surface area contributed by atoms with Crippen molar-refractivity contribution < 1.29 is 21.9 Å². The Morgan fingerprint density at radius 3 is 2.84 bits per heavy atom. The van der Waals surface area contributed by atoms with Gasteiger partial charge in [-0.15, -0.1) is 0 Å². The van der Waals surface area contributed by atoms with Gasteiger partial charge in [-0.2, -0.15) is 5.10 Å². The second-order valence-electron chi connectivity index (χ2n) is 7.38. The van der Waals surface area contributed by atoms with Gasteiger partial charge in [-0.25, -0.2) is 36.4 Å². The minimum absolute atomic E-state index is 0.154. The lowest BCUT2D eigenvalue weighted by Crippen LogP contribution is -2.47. The fourth-order valence-electron chi connectivity index (χ4n) is 3.45. The van der Waals surface area contributed by atoms with Gasteiger partial charge in [0.15, 0.2) is 5.65 Å². The molecule has 0 saturated carbocycles. The van der Waals surface area contributed by atoms with Gasteiger partial charge in [-0.1, -0.05) is 0 Å². The number of fused-ring (bicyclic) bond motifs is 1. The molecule has 172 valence electrons. The number of pyridine rings is 1. The number of alkyl halides is 2. The number of halogens is 2. The maximum absolute atomic E-state index is 13.2. The fraction of sp³-hybridized carbons (Fsp3) is 0.421. The summed E-state index contributed by atoms with van der Waals surface area (Å²) in [6.07, 6.45) is -0.357. The third-order valence-electron chi connectivity index (χ3n) is 5.01. The summed E-state index contributed by atoms with van der Waals surface area (Å²) >= 11 is 0. The summed E-state index contributed by atoms with van der Waals surface area (Å²) in [4.78, 5) is 10.9. The number of hydrogen-bond acceptors (Lipinski definition) is 8. The smallest absolute Gasteiger partial charge is 0.282 e. The van der Waals surface area contributed by atoms with Crippen LogP contribution in [0.5, 0.6) is 0 Å². The molecule has 1 fully saturated rings. The molecule has 0 amide bonds. The molecule has 2 N–H and O–H groups in total. The number of imidazole rings is 1. The van der Waals surface area contributed by atoms with E-state index in [0.717, 1.165) is 6.26 Å². The molecule has 13 heteroatoms. The van der Waals surface area contributed by atoms with Crippen LogP contribution >= 0.6 is 0 Å². The van der Waals surface area contributed by atoms with Crippen LogP contribution in [0.4, 0.5) is 20.4 Å². The first kappa shape index (κ1) is 22.3. The van der Waals surface area contributed by atoms with E-state index in [9.17, 15) is 17.2 Å². The first-order chi connectivity index (χ1) is 15.2. The Balaban J connectivity index is 1.66. The molecule has 3 aromatic rings. The van der Waals surface area contributed by atoms with Crippen LogP contribution in [0.3, 0.4) is 0 Å². The minimum atomic E-state index is -3.33. The van der Waals surface area contributed by atoms with Crippen LogP contribution in [-0.2, 0) is 14.8 Å². The van der Waals surface area contributed by atoms with Crippen molar-refractivity contribution in [2.24, 2.45) is 0 Å². The number of ether oxygens (including phenoxy) is 1. The van der Waals surface area contributed by atoms with Crippen molar-refractivity contribution in [2.45, 2.75) is 12.5 Å². The van der Waals surface area contributed by atoms with Crippen molar-refractivity contribution >= 4 is 27.3 Å². The van der Waals surface area contributed by atoms with Gasteiger partial charge in [0, 0.05) is 32.2 Å². The van der Waals surface area contributed by atoms with Gasteiger partial charge in [0.1, 0.15) is 17.3 Å². The average Bonchev–Trinajstić information content (AvgIpc) is 3.20. The largest absolute Gasteiger partial charge is 0.373 e. The Hall–Kier alpha value is -2.90. The molecule has 1 saturated heterocycles. The van der Waals surface area contributed by atoms with Gasteiger partial charge >= 0.3 is 0 Å². The van der Waals surface area contributed by atoms with Gasteiger partial charge in [0.2, 0.25) is 10.0 Å². The molecular weight excluding hydrogens is 444 g/mol. The van der Waals surface area contributed by atoms with Crippen LogP contribution in [0.15, 0.2) is 30.5 Å². The van der Waals surface area contributed by atoms with Gasteiger partial charge in [-0.05, 0) is 24.3 Å². The van der Waals surface area contributed by atoms with Crippen LogP contribution < -0.4 is 14.9 Å². The van der Waals surface area contributed by atoms with Crippen LogP contribution in [0.1, 0.15) is 12.1 Å². The molecule has 0 radical (unpaired) electrons. The molecule has 4 heterocycles. The van der Waals surface area contributed by atoms with E-state index in [4.69, 9.17) is 4.74 Å². The second-order valence-corrected chi connectivity index (χ2v) is 9.21. The predicted molar refractivity (Wildman–Crippen MR) is 116 cm³/mol. The summed E-state index contributed by atoms with van der Waals surface area (Å²) in [5.41, 5.74) is 1.36. The van der Waals surface area contributed by atoms with E-state index in [1.54, 1.807) is 19.3 Å². The fourth-order valence-corrected chi connectivity index (χ4v) is 3.94. The summed E-state index contributed by atoms with van der Waals surface area (Å²) in [7, 11) is -1.60. The zero-order valence-electron chi connectivity index (χ0n) is 17.5. The molecule has 0 aliphatic carbocycles. The van der Waals surface area contributed by atoms with Crippen LogP contribution in [0.2, 0.25) is 0 Å². The number of morpholine rings is 1. The molecule has 10 nitrogen and oxygen atoms in total. The van der Waals surface area contributed by atoms with Crippen LogP contribution in [-0.4, -0.2) is 73.6 Å². The highest BCUT2D eigenvalue weighted by Crippen LogP contribution is 2.28. The van der Waals surface area contributed by atoms with E-state index in [0.29, 0.717) is 48.2 Å². The molecule has 32 heavy (non-hydrogen) atoms. The first-order valence-electron chi connectivity index (χ1n) is 9.88. The third-order valence-corrected chi connectivity index (χ3v) is 5.70. The Labute approximate surface area is 183 Å². The minimum Gasteiger partial charge on any atom is -0.373 e. The van der Waals surface area contributed by atoms with E-state index >= 15 is 0 Å². The van der Waals surface area contributed by atoms with Gasteiger partial charge in [0.05, 0.1) is 30.9 Å². The topological polar surface area (TPSA) is 114 Å². The van der Waals surface area contributed by atoms with Crippen molar-refractivity contribution in [2.75, 3.05) is 49.8 Å². The summed E-state index contributed by atoms with van der Waals surface area (Å²) in [6.45, 7) is 1.56. The van der Waals surface area contributed by atoms with Crippen LogP contribution in [0.25, 0.3) is 16.9 Å². The molecule has 1 atom stereocenters. The first-order valence-corrected chi connectivity index (χ1v) is 11.8. The SMILES string of the molecule is CNc1cc(-c2cnc3ccc(C(F)F)nn23)cc(N2CCOC(CNS(C)(=O)=O)C2)n1. The maximum atomic E-state index is 13.2. The summed E-state index contributed by atoms with van der Waals surface area (Å²) < 4.78 is 58.6. The second kappa shape index (κ2) is 8.92. The van der Waals surface area contributed by atoms with E-state index in [1.807, 2.05) is 11.0 Å². The molecule has 3 aromatic heterocycles. The predicted octanol–water partition coefficient (Wildman–Crippen LogP) is 1.52. The van der Waals surface area contributed by atoms with Crippen molar-refractivity contribution in [3.05, 3.63) is 36.2 Å². The lowest BCUT2D eigenvalue weighted by molar-refractivity contribution is 0.0440. The highest BCUT2D eigenvalue weighted by molar-refractivity contribution is 7.88. The zero-order valence-corrected chi connectivity index (χ0v) is 18.3. The highest BCUT2D eigenvalue weighted by atomic mass is 32.2. The van der Waals surface area contributed by atoms with E-state index in [2.05, 4.69) is 25.1 Å². The Morgan fingerprint density at radius 1 is 1.31 bits per heavy atom. The summed E-state index contributed by atoms with van der Waals surface area (Å²) in [6, 6.07) is 6.37. The molecule has 0 aromatic carbocycles.